The number of hydrogen-bond donors (Lipinski definition) is 2. The maximum Gasteiger partial charge on any atom is 0.276 e. The second-order valence-corrected chi connectivity index (χ2v) is 8.97. The van der Waals surface area contributed by atoms with Gasteiger partial charge in [-0.2, -0.15) is 0 Å². The lowest BCUT2D eigenvalue weighted by molar-refractivity contribution is 0.0623. The zero-order valence-electron chi connectivity index (χ0n) is 16.6. The Morgan fingerprint density at radius 2 is 2.11 bits per heavy atom. The minimum atomic E-state index is -0.304. The third-order valence-electron chi connectivity index (χ3n) is 5.93. The maximum absolute atomic E-state index is 13.0. The molecule has 0 bridgehead atoms. The molecule has 28 heavy (non-hydrogen) atoms. The van der Waals surface area contributed by atoms with Gasteiger partial charge in [0.15, 0.2) is 5.69 Å². The molecule has 4 rings (SSSR count). The van der Waals surface area contributed by atoms with Crippen LogP contribution in [0.5, 0.6) is 5.75 Å². The number of piperidine rings is 1. The van der Waals surface area contributed by atoms with Crippen LogP contribution in [-0.2, 0) is 17.3 Å². The Kier molecular flexibility index (Phi) is 4.28. The van der Waals surface area contributed by atoms with Crippen molar-refractivity contribution in [1.29, 1.82) is 0 Å². The number of nitrogens with one attached hydrogen (secondary N) is 1. The van der Waals surface area contributed by atoms with Gasteiger partial charge in [-0.1, -0.05) is 20.8 Å². The molecule has 7 heteroatoms. The highest BCUT2D eigenvalue weighted by molar-refractivity contribution is 5.95. The number of pyridine rings is 1. The highest BCUT2D eigenvalue weighted by atomic mass is 16.3. The molecule has 2 aromatic rings. The molecule has 1 fully saturated rings. The lowest BCUT2D eigenvalue weighted by atomic mass is 9.77. The number of amides is 1. The maximum atomic E-state index is 13.0. The largest absolute Gasteiger partial charge is 0.505 e. The lowest BCUT2D eigenvalue weighted by Gasteiger charge is -2.40. The van der Waals surface area contributed by atoms with Crippen molar-refractivity contribution in [3.05, 3.63) is 51.5 Å². The number of carbonyl (C=O) groups is 1. The molecule has 0 aromatic carbocycles. The summed E-state index contributed by atoms with van der Waals surface area (Å²) in [6, 6.07) is 3.07. The van der Waals surface area contributed by atoms with E-state index in [1.54, 1.807) is 11.0 Å². The number of H-pyrrole nitrogens is 1. The second kappa shape index (κ2) is 6.43. The van der Waals surface area contributed by atoms with Crippen molar-refractivity contribution in [3.63, 3.8) is 0 Å². The van der Waals surface area contributed by atoms with Crippen LogP contribution in [0.25, 0.3) is 0 Å². The van der Waals surface area contributed by atoms with Gasteiger partial charge in [-0.05, 0) is 37.8 Å². The zero-order valence-corrected chi connectivity index (χ0v) is 16.6. The Balaban J connectivity index is 1.71. The highest BCUT2D eigenvalue weighted by Gasteiger charge is 2.46. The Labute approximate surface area is 163 Å². The molecule has 0 saturated carbocycles. The standard InChI is InChI=1S/C21H26N4O3/c1-20(2,3)19-23-16-13(17(27)24-19)7-9-21(16)8-5-11-25(12-21)18(28)15-14(26)6-4-10-22-15/h4,6,10,26H,5,7-9,11-12H2,1-3H3,(H,23,24,27). The number of aromatic amines is 1. The summed E-state index contributed by atoms with van der Waals surface area (Å²) in [6.45, 7) is 7.19. The van der Waals surface area contributed by atoms with Crippen LogP contribution in [0.4, 0.5) is 0 Å². The molecule has 1 spiro atoms. The van der Waals surface area contributed by atoms with E-state index in [-0.39, 0.29) is 33.7 Å². The Morgan fingerprint density at radius 1 is 1.32 bits per heavy atom. The molecule has 0 radical (unpaired) electrons. The number of likely N-dealkylation sites (tertiary alicyclic amines) is 1. The average Bonchev–Trinajstić information content (AvgIpc) is 2.99. The van der Waals surface area contributed by atoms with E-state index in [4.69, 9.17) is 4.98 Å². The van der Waals surface area contributed by atoms with Gasteiger partial charge in [0.2, 0.25) is 0 Å². The summed E-state index contributed by atoms with van der Waals surface area (Å²) in [5, 5.41) is 10.0. The third-order valence-corrected chi connectivity index (χ3v) is 5.93. The number of carbonyl (C=O) groups excluding carboxylic acids is 1. The Morgan fingerprint density at radius 3 is 2.82 bits per heavy atom. The van der Waals surface area contributed by atoms with Crippen LogP contribution >= 0.6 is 0 Å². The van der Waals surface area contributed by atoms with Gasteiger partial charge in [0.05, 0.1) is 5.69 Å². The molecular weight excluding hydrogens is 356 g/mol. The van der Waals surface area contributed by atoms with Crippen molar-refractivity contribution < 1.29 is 9.90 Å². The van der Waals surface area contributed by atoms with Crippen LogP contribution in [0.15, 0.2) is 23.1 Å². The first-order chi connectivity index (χ1) is 13.2. The van der Waals surface area contributed by atoms with Crippen LogP contribution in [0.1, 0.15) is 67.6 Å². The van der Waals surface area contributed by atoms with Crippen LogP contribution in [0, 0.1) is 0 Å². The number of hydrogen-bond acceptors (Lipinski definition) is 5. The SMILES string of the molecule is CC(C)(C)c1nc2c(c(=O)[nH]1)CCC21CCCN(C(=O)c2ncccc2O)C1. The number of aromatic nitrogens is 3. The van der Waals surface area contributed by atoms with Crippen molar-refractivity contribution in [1.82, 2.24) is 19.9 Å². The van der Waals surface area contributed by atoms with Gasteiger partial charge in [0.1, 0.15) is 11.6 Å². The van der Waals surface area contributed by atoms with Gasteiger partial charge >= 0.3 is 0 Å². The lowest BCUT2D eigenvalue weighted by Crippen LogP contribution is -2.48. The quantitative estimate of drug-likeness (QED) is 0.788. The predicted octanol–water partition coefficient (Wildman–Crippen LogP) is 2.29. The fourth-order valence-electron chi connectivity index (χ4n) is 4.42. The van der Waals surface area contributed by atoms with E-state index in [1.807, 2.05) is 20.8 Å². The van der Waals surface area contributed by atoms with Gasteiger partial charge in [0.25, 0.3) is 11.5 Å². The van der Waals surface area contributed by atoms with E-state index in [1.165, 1.54) is 12.3 Å². The summed E-state index contributed by atoms with van der Waals surface area (Å²) in [5.41, 5.74) is 1.06. The normalized spacial score (nSPS) is 21.8. The monoisotopic (exact) mass is 382 g/mol. The number of rotatable bonds is 1. The molecule has 2 aliphatic rings. The first kappa shape index (κ1) is 18.7. The van der Waals surface area contributed by atoms with E-state index in [0.29, 0.717) is 25.3 Å². The molecule has 2 aromatic heterocycles. The Bertz CT molecular complexity index is 992. The van der Waals surface area contributed by atoms with E-state index >= 15 is 0 Å². The van der Waals surface area contributed by atoms with Crippen LogP contribution in [0.2, 0.25) is 0 Å². The molecule has 7 nitrogen and oxygen atoms in total. The molecule has 1 aliphatic heterocycles. The van der Waals surface area contributed by atoms with Crippen molar-refractivity contribution in [2.24, 2.45) is 0 Å². The number of aromatic hydroxyl groups is 1. The second-order valence-electron chi connectivity index (χ2n) is 8.97. The summed E-state index contributed by atoms with van der Waals surface area (Å²) in [6.07, 6.45) is 4.73. The summed E-state index contributed by atoms with van der Waals surface area (Å²) >= 11 is 0. The van der Waals surface area contributed by atoms with Gasteiger partial charge in [-0.25, -0.2) is 9.97 Å². The minimum absolute atomic E-state index is 0.0578. The molecule has 1 aliphatic carbocycles. The Hall–Kier alpha value is -2.70. The first-order valence-electron chi connectivity index (χ1n) is 9.79. The molecule has 148 valence electrons. The predicted molar refractivity (Wildman–Crippen MR) is 105 cm³/mol. The summed E-state index contributed by atoms with van der Waals surface area (Å²) in [5.74, 6) is 0.304. The van der Waals surface area contributed by atoms with Crippen molar-refractivity contribution >= 4 is 5.91 Å². The molecule has 3 heterocycles. The number of nitrogens with zero attached hydrogens (tertiary/aromatic N) is 3. The van der Waals surface area contributed by atoms with Crippen molar-refractivity contribution in [2.75, 3.05) is 13.1 Å². The van der Waals surface area contributed by atoms with E-state index in [9.17, 15) is 14.7 Å². The molecule has 2 N–H and O–H groups in total. The smallest absolute Gasteiger partial charge is 0.276 e. The van der Waals surface area contributed by atoms with Gasteiger partial charge in [-0.15, -0.1) is 0 Å². The molecular formula is C21H26N4O3. The topological polar surface area (TPSA) is 99.2 Å². The van der Waals surface area contributed by atoms with Gasteiger partial charge in [0, 0.05) is 35.7 Å². The fraction of sp³-hybridized carbons (Fsp3) is 0.524. The van der Waals surface area contributed by atoms with Crippen LogP contribution in [-0.4, -0.2) is 44.0 Å². The molecule has 1 unspecified atom stereocenters. The molecule has 1 amide bonds. The van der Waals surface area contributed by atoms with Gasteiger partial charge in [-0.3, -0.25) is 9.59 Å². The van der Waals surface area contributed by atoms with Crippen LogP contribution < -0.4 is 5.56 Å². The fourth-order valence-corrected chi connectivity index (χ4v) is 4.42. The minimum Gasteiger partial charge on any atom is -0.505 e. The highest BCUT2D eigenvalue weighted by Crippen LogP contribution is 2.43. The molecule has 1 atom stereocenters. The zero-order chi connectivity index (χ0) is 20.1. The summed E-state index contributed by atoms with van der Waals surface area (Å²) in [4.78, 5) is 39.3. The first-order valence-corrected chi connectivity index (χ1v) is 9.79. The third kappa shape index (κ3) is 2.99. The van der Waals surface area contributed by atoms with Crippen molar-refractivity contribution in [3.8, 4) is 5.75 Å². The van der Waals surface area contributed by atoms with Crippen LogP contribution in [0.3, 0.4) is 0 Å². The van der Waals surface area contributed by atoms with E-state index in [0.717, 1.165) is 30.5 Å². The van der Waals surface area contributed by atoms with E-state index < -0.39 is 0 Å². The number of fused-ring (bicyclic) bond motifs is 2. The van der Waals surface area contributed by atoms with E-state index in [2.05, 4.69) is 9.97 Å². The average molecular weight is 382 g/mol. The van der Waals surface area contributed by atoms with Crippen molar-refractivity contribution in [2.45, 2.75) is 57.3 Å². The van der Waals surface area contributed by atoms with Gasteiger partial charge < -0.3 is 15.0 Å². The summed E-state index contributed by atoms with van der Waals surface area (Å²) < 4.78 is 0. The summed E-state index contributed by atoms with van der Waals surface area (Å²) in [7, 11) is 0. The molecule has 1 saturated heterocycles.